The van der Waals surface area contributed by atoms with Crippen molar-refractivity contribution in [3.8, 4) is 0 Å². The highest BCUT2D eigenvalue weighted by Gasteiger charge is 2.29. The monoisotopic (exact) mass is 315 g/mol. The zero-order valence-electron chi connectivity index (χ0n) is 13.9. The van der Waals surface area contributed by atoms with Crippen LogP contribution in [-0.2, 0) is 11.3 Å². The summed E-state index contributed by atoms with van der Waals surface area (Å²) in [6, 6.07) is 9.98. The molecule has 0 saturated carbocycles. The molecule has 2 heterocycles. The Balaban J connectivity index is 1.69. The van der Waals surface area contributed by atoms with Crippen molar-refractivity contribution in [1.82, 2.24) is 9.88 Å². The van der Waals surface area contributed by atoms with Crippen LogP contribution < -0.4 is 5.32 Å². The Labute approximate surface area is 137 Å². The van der Waals surface area contributed by atoms with E-state index in [2.05, 4.69) is 29.0 Å². The second-order valence-corrected chi connectivity index (χ2v) is 6.63. The topological polar surface area (TPSA) is 57.6 Å². The van der Waals surface area contributed by atoms with Crippen molar-refractivity contribution in [1.29, 1.82) is 0 Å². The summed E-state index contributed by atoms with van der Waals surface area (Å²) in [5.41, 5.74) is 1.85. The Morgan fingerprint density at radius 1 is 1.35 bits per heavy atom. The number of nitrogens with zero attached hydrogens (tertiary/aromatic N) is 2. The molecule has 1 aromatic heterocycles. The third-order valence-corrected chi connectivity index (χ3v) is 4.46. The Morgan fingerprint density at radius 2 is 2.17 bits per heavy atom. The molecular weight excluding hydrogens is 290 g/mol. The molecule has 23 heavy (non-hydrogen) atoms. The number of aromatic nitrogens is 1. The number of ether oxygens (including phenoxy) is 1. The average Bonchev–Trinajstić information content (AvgIpc) is 2.55. The van der Waals surface area contributed by atoms with Crippen molar-refractivity contribution >= 4 is 16.7 Å². The molecule has 124 valence electrons. The smallest absolute Gasteiger partial charge is 0.132 e. The number of fused-ring (bicyclic) bond motifs is 1. The van der Waals surface area contributed by atoms with Gasteiger partial charge in [-0.05, 0) is 26.0 Å². The minimum absolute atomic E-state index is 0.0107. The van der Waals surface area contributed by atoms with Crippen molar-refractivity contribution < 1.29 is 9.84 Å². The van der Waals surface area contributed by atoms with E-state index in [1.165, 1.54) is 0 Å². The van der Waals surface area contributed by atoms with Gasteiger partial charge in [0.2, 0.25) is 0 Å². The van der Waals surface area contributed by atoms with Crippen molar-refractivity contribution in [2.24, 2.45) is 0 Å². The molecule has 0 bridgehead atoms. The van der Waals surface area contributed by atoms with E-state index in [-0.39, 0.29) is 12.1 Å². The second kappa shape index (κ2) is 6.83. The third-order valence-electron chi connectivity index (χ3n) is 4.46. The molecular formula is C18H25N3O2. The van der Waals surface area contributed by atoms with Gasteiger partial charge in [0.05, 0.1) is 25.3 Å². The molecule has 3 rings (SSSR count). The summed E-state index contributed by atoms with van der Waals surface area (Å²) in [7, 11) is 0. The number of aliphatic hydroxyl groups excluding tert-OH is 1. The van der Waals surface area contributed by atoms with Gasteiger partial charge in [-0.3, -0.25) is 4.90 Å². The van der Waals surface area contributed by atoms with E-state index in [0.29, 0.717) is 0 Å². The fraction of sp³-hybridized carbons (Fsp3) is 0.500. The van der Waals surface area contributed by atoms with Gasteiger partial charge in [-0.1, -0.05) is 18.2 Å². The number of anilines is 1. The fourth-order valence-electron chi connectivity index (χ4n) is 3.05. The van der Waals surface area contributed by atoms with Crippen LogP contribution in [0.4, 0.5) is 5.82 Å². The number of para-hydroxylation sites is 1. The summed E-state index contributed by atoms with van der Waals surface area (Å²) in [5, 5.41) is 14.0. The standard InChI is InChI=1S/C18H25N3O2/c1-18(2)13-23-10-9-21(18)8-7-19-17-15(12-22)11-14-5-3-4-6-16(14)20-17/h3-6,11,22H,7-10,12-13H2,1-2H3,(H,19,20). The molecule has 1 aliphatic rings. The molecule has 2 N–H and O–H groups in total. The zero-order chi connectivity index (χ0) is 16.3. The lowest BCUT2D eigenvalue weighted by atomic mass is 10.0. The summed E-state index contributed by atoms with van der Waals surface area (Å²) in [4.78, 5) is 7.08. The minimum Gasteiger partial charge on any atom is -0.392 e. The highest BCUT2D eigenvalue weighted by Crippen LogP contribution is 2.21. The molecule has 5 heteroatoms. The van der Waals surface area contributed by atoms with Crippen LogP contribution in [0.15, 0.2) is 30.3 Å². The van der Waals surface area contributed by atoms with Crippen molar-refractivity contribution in [3.05, 3.63) is 35.9 Å². The van der Waals surface area contributed by atoms with E-state index in [9.17, 15) is 5.11 Å². The van der Waals surface area contributed by atoms with E-state index < -0.39 is 0 Å². The molecule has 0 spiro atoms. The van der Waals surface area contributed by atoms with E-state index in [1.807, 2.05) is 30.3 Å². The summed E-state index contributed by atoms with van der Waals surface area (Å²) in [6.07, 6.45) is 0. The molecule has 5 nitrogen and oxygen atoms in total. The van der Waals surface area contributed by atoms with Crippen LogP contribution in [0.3, 0.4) is 0 Å². The summed E-state index contributed by atoms with van der Waals surface area (Å²) in [5.74, 6) is 0.775. The second-order valence-electron chi connectivity index (χ2n) is 6.63. The molecule has 1 fully saturated rings. The molecule has 0 atom stereocenters. The Hall–Kier alpha value is -1.69. The lowest BCUT2D eigenvalue weighted by molar-refractivity contribution is -0.0487. The molecule has 0 amide bonds. The first-order chi connectivity index (χ1) is 11.1. The number of pyridine rings is 1. The van der Waals surface area contributed by atoms with Gasteiger partial charge in [-0.15, -0.1) is 0 Å². The van der Waals surface area contributed by atoms with E-state index in [0.717, 1.165) is 55.1 Å². The summed E-state index contributed by atoms with van der Waals surface area (Å²) < 4.78 is 5.56. The summed E-state index contributed by atoms with van der Waals surface area (Å²) in [6.45, 7) is 8.63. The van der Waals surface area contributed by atoms with Gasteiger partial charge in [-0.2, -0.15) is 0 Å². The quantitative estimate of drug-likeness (QED) is 0.886. The van der Waals surface area contributed by atoms with Gasteiger partial charge in [0.1, 0.15) is 5.82 Å². The molecule has 0 radical (unpaired) electrons. The van der Waals surface area contributed by atoms with E-state index >= 15 is 0 Å². The lowest BCUT2D eigenvalue weighted by Gasteiger charge is -2.42. The number of hydrogen-bond acceptors (Lipinski definition) is 5. The van der Waals surface area contributed by atoms with Crippen LogP contribution in [0.1, 0.15) is 19.4 Å². The van der Waals surface area contributed by atoms with Gasteiger partial charge in [0.15, 0.2) is 0 Å². The Kier molecular flexibility index (Phi) is 4.80. The van der Waals surface area contributed by atoms with Crippen LogP contribution in [-0.4, -0.2) is 53.4 Å². The van der Waals surface area contributed by atoms with Crippen LogP contribution in [0.25, 0.3) is 10.9 Å². The van der Waals surface area contributed by atoms with Crippen LogP contribution >= 0.6 is 0 Å². The van der Waals surface area contributed by atoms with Crippen molar-refractivity contribution in [3.63, 3.8) is 0 Å². The van der Waals surface area contributed by atoms with Gasteiger partial charge >= 0.3 is 0 Å². The van der Waals surface area contributed by atoms with Gasteiger partial charge < -0.3 is 15.2 Å². The average molecular weight is 315 g/mol. The maximum atomic E-state index is 9.60. The van der Waals surface area contributed by atoms with Crippen LogP contribution in [0, 0.1) is 0 Å². The van der Waals surface area contributed by atoms with E-state index in [1.54, 1.807) is 0 Å². The molecule has 0 aliphatic carbocycles. The van der Waals surface area contributed by atoms with Gasteiger partial charge in [-0.25, -0.2) is 4.98 Å². The molecule has 0 unspecified atom stereocenters. The predicted molar refractivity (Wildman–Crippen MR) is 92.6 cm³/mol. The van der Waals surface area contributed by atoms with Crippen LogP contribution in [0.5, 0.6) is 0 Å². The normalized spacial score (nSPS) is 18.2. The highest BCUT2D eigenvalue weighted by molar-refractivity contribution is 5.81. The van der Waals surface area contributed by atoms with Crippen molar-refractivity contribution in [2.75, 3.05) is 38.2 Å². The Morgan fingerprint density at radius 3 is 2.96 bits per heavy atom. The number of hydrogen-bond donors (Lipinski definition) is 2. The third kappa shape index (κ3) is 3.63. The number of aliphatic hydroxyl groups is 1. The zero-order valence-corrected chi connectivity index (χ0v) is 13.9. The van der Waals surface area contributed by atoms with Crippen molar-refractivity contribution in [2.45, 2.75) is 26.0 Å². The molecule has 1 saturated heterocycles. The summed E-state index contributed by atoms with van der Waals surface area (Å²) >= 11 is 0. The Bertz CT molecular complexity index is 672. The minimum atomic E-state index is -0.0107. The predicted octanol–water partition coefficient (Wildman–Crippen LogP) is 2.25. The fourth-order valence-corrected chi connectivity index (χ4v) is 3.05. The van der Waals surface area contributed by atoms with Gasteiger partial charge in [0.25, 0.3) is 0 Å². The van der Waals surface area contributed by atoms with Gasteiger partial charge in [0, 0.05) is 36.1 Å². The first-order valence-corrected chi connectivity index (χ1v) is 8.16. The number of benzene rings is 1. The molecule has 1 aromatic carbocycles. The highest BCUT2D eigenvalue weighted by atomic mass is 16.5. The lowest BCUT2D eigenvalue weighted by Crippen LogP contribution is -2.54. The maximum absolute atomic E-state index is 9.60. The molecule has 2 aromatic rings. The first-order valence-electron chi connectivity index (χ1n) is 8.16. The largest absolute Gasteiger partial charge is 0.392 e. The maximum Gasteiger partial charge on any atom is 0.132 e. The number of morpholine rings is 1. The van der Waals surface area contributed by atoms with Crippen LogP contribution in [0.2, 0.25) is 0 Å². The number of nitrogens with one attached hydrogen (secondary N) is 1. The SMILES string of the molecule is CC1(C)COCCN1CCNc1nc2ccccc2cc1CO. The first kappa shape index (κ1) is 16.2. The number of rotatable bonds is 5. The van der Waals surface area contributed by atoms with E-state index in [4.69, 9.17) is 4.74 Å². The molecule has 1 aliphatic heterocycles.